The first kappa shape index (κ1) is 16.2. The summed E-state index contributed by atoms with van der Waals surface area (Å²) in [4.78, 5) is -0.453. The fourth-order valence-corrected chi connectivity index (χ4v) is 4.09. The number of halogens is 3. The van der Waals surface area contributed by atoms with Crippen molar-refractivity contribution < 1.29 is 21.6 Å². The van der Waals surface area contributed by atoms with E-state index in [1.807, 2.05) is 0 Å². The fraction of sp³-hybridized carbons (Fsp3) is 0.417. The molecule has 0 radical (unpaired) electrons. The molecule has 2 N–H and O–H groups in total. The van der Waals surface area contributed by atoms with E-state index in [-0.39, 0.29) is 15.4 Å². The van der Waals surface area contributed by atoms with Crippen LogP contribution in [0.4, 0.5) is 13.2 Å². The number of hydrogen-bond donors (Lipinski definition) is 1. The lowest BCUT2D eigenvalue weighted by atomic mass is 10.2. The van der Waals surface area contributed by atoms with Gasteiger partial charge in [-0.2, -0.15) is 17.5 Å². The number of nitrogens with two attached hydrogens (primary N) is 1. The molecule has 21 heavy (non-hydrogen) atoms. The van der Waals surface area contributed by atoms with Crippen molar-refractivity contribution in [2.45, 2.75) is 30.0 Å². The summed E-state index contributed by atoms with van der Waals surface area (Å²) in [6, 6.07) is 4.94. The van der Waals surface area contributed by atoms with E-state index in [9.17, 15) is 21.6 Å². The molecule has 0 aromatic heterocycles. The SMILES string of the molecule is NC(=S)c1ccccc1S(=O)(=O)N(CC(F)(F)F)C1CC1. The van der Waals surface area contributed by atoms with Crippen LogP contribution in [-0.2, 0) is 10.0 Å². The molecule has 0 bridgehead atoms. The third-order valence-electron chi connectivity index (χ3n) is 3.03. The van der Waals surface area contributed by atoms with E-state index >= 15 is 0 Å². The Hall–Kier alpha value is -1.19. The molecular weight excluding hydrogens is 325 g/mol. The van der Waals surface area contributed by atoms with Crippen molar-refractivity contribution in [3.05, 3.63) is 29.8 Å². The molecule has 116 valence electrons. The number of hydrogen-bond acceptors (Lipinski definition) is 3. The van der Waals surface area contributed by atoms with Crippen molar-refractivity contribution in [2.24, 2.45) is 5.73 Å². The van der Waals surface area contributed by atoms with Gasteiger partial charge in [0.1, 0.15) is 11.5 Å². The molecule has 1 aliphatic rings. The number of benzene rings is 1. The Labute approximate surface area is 125 Å². The second kappa shape index (κ2) is 5.54. The average Bonchev–Trinajstić information content (AvgIpc) is 3.19. The minimum Gasteiger partial charge on any atom is -0.389 e. The maximum Gasteiger partial charge on any atom is 0.402 e. The number of rotatable bonds is 5. The van der Waals surface area contributed by atoms with E-state index in [4.69, 9.17) is 18.0 Å². The third-order valence-corrected chi connectivity index (χ3v) is 5.20. The van der Waals surface area contributed by atoms with Gasteiger partial charge < -0.3 is 5.73 Å². The molecule has 0 atom stereocenters. The van der Waals surface area contributed by atoms with Gasteiger partial charge in [0, 0.05) is 11.6 Å². The van der Waals surface area contributed by atoms with Crippen molar-refractivity contribution >= 4 is 27.2 Å². The van der Waals surface area contributed by atoms with E-state index < -0.39 is 28.8 Å². The smallest absolute Gasteiger partial charge is 0.389 e. The van der Waals surface area contributed by atoms with E-state index in [0.29, 0.717) is 17.1 Å². The van der Waals surface area contributed by atoms with Crippen molar-refractivity contribution in [2.75, 3.05) is 6.54 Å². The quantitative estimate of drug-likeness (QED) is 0.835. The molecule has 1 aliphatic carbocycles. The highest BCUT2D eigenvalue weighted by Crippen LogP contribution is 2.35. The van der Waals surface area contributed by atoms with Crippen LogP contribution in [0.1, 0.15) is 18.4 Å². The fourth-order valence-electron chi connectivity index (χ4n) is 1.97. The van der Waals surface area contributed by atoms with Crippen LogP contribution in [0.5, 0.6) is 0 Å². The highest BCUT2D eigenvalue weighted by molar-refractivity contribution is 7.89. The molecule has 0 saturated heterocycles. The van der Waals surface area contributed by atoms with E-state index in [1.165, 1.54) is 24.3 Å². The van der Waals surface area contributed by atoms with E-state index in [1.54, 1.807) is 0 Å². The predicted molar refractivity (Wildman–Crippen MR) is 75.3 cm³/mol. The molecule has 1 saturated carbocycles. The van der Waals surface area contributed by atoms with Gasteiger partial charge in [-0.15, -0.1) is 0 Å². The summed E-state index contributed by atoms with van der Waals surface area (Å²) in [6.45, 7) is -1.51. The van der Waals surface area contributed by atoms with Crippen molar-refractivity contribution in [3.8, 4) is 0 Å². The summed E-state index contributed by atoms with van der Waals surface area (Å²) in [5.74, 6) is 0. The third kappa shape index (κ3) is 3.72. The van der Waals surface area contributed by atoms with E-state index in [0.717, 1.165) is 0 Å². The predicted octanol–water partition coefficient (Wildman–Crippen LogP) is 2.04. The highest BCUT2D eigenvalue weighted by Gasteiger charge is 2.45. The standard InChI is InChI=1S/C12H13F3N2O2S2/c13-12(14,15)7-17(8-5-6-8)21(18,19)10-4-2-1-3-9(10)11(16)20/h1-4,8H,5-7H2,(H2,16,20). The van der Waals surface area contributed by atoms with Gasteiger partial charge in [0.2, 0.25) is 10.0 Å². The van der Waals surface area contributed by atoms with Crippen LogP contribution in [0.15, 0.2) is 29.2 Å². The number of sulfonamides is 1. The largest absolute Gasteiger partial charge is 0.402 e. The monoisotopic (exact) mass is 338 g/mol. The summed E-state index contributed by atoms with van der Waals surface area (Å²) in [5.41, 5.74) is 5.51. The molecule has 1 fully saturated rings. The van der Waals surface area contributed by atoms with Crippen LogP contribution in [0.25, 0.3) is 0 Å². The Morgan fingerprint density at radius 3 is 2.38 bits per heavy atom. The molecule has 9 heteroatoms. The van der Waals surface area contributed by atoms with Gasteiger partial charge >= 0.3 is 6.18 Å². The molecule has 4 nitrogen and oxygen atoms in total. The second-order valence-electron chi connectivity index (χ2n) is 4.76. The Kier molecular flexibility index (Phi) is 4.27. The van der Waals surface area contributed by atoms with E-state index in [2.05, 4.69) is 0 Å². The van der Waals surface area contributed by atoms with Gasteiger partial charge in [-0.05, 0) is 18.9 Å². The molecule has 0 aliphatic heterocycles. The van der Waals surface area contributed by atoms with Crippen molar-refractivity contribution in [3.63, 3.8) is 0 Å². The van der Waals surface area contributed by atoms with Gasteiger partial charge in [-0.1, -0.05) is 30.4 Å². The Morgan fingerprint density at radius 1 is 1.33 bits per heavy atom. The summed E-state index contributed by atoms with van der Waals surface area (Å²) in [7, 11) is -4.30. The van der Waals surface area contributed by atoms with Crippen LogP contribution in [0.3, 0.4) is 0 Å². The Balaban J connectivity index is 2.47. The Bertz CT molecular complexity index is 655. The van der Waals surface area contributed by atoms with Crippen LogP contribution in [0.2, 0.25) is 0 Å². The molecule has 0 amide bonds. The topological polar surface area (TPSA) is 63.4 Å². The van der Waals surface area contributed by atoms with Gasteiger partial charge in [-0.3, -0.25) is 0 Å². The molecule has 0 unspecified atom stereocenters. The lowest BCUT2D eigenvalue weighted by molar-refractivity contribution is -0.137. The number of nitrogens with zero attached hydrogens (tertiary/aromatic N) is 1. The Morgan fingerprint density at radius 2 is 1.90 bits per heavy atom. The van der Waals surface area contributed by atoms with Gasteiger partial charge in [0.15, 0.2) is 0 Å². The first-order valence-electron chi connectivity index (χ1n) is 6.10. The molecule has 0 spiro atoms. The molecule has 0 heterocycles. The first-order valence-corrected chi connectivity index (χ1v) is 7.95. The highest BCUT2D eigenvalue weighted by atomic mass is 32.2. The minimum atomic E-state index is -4.60. The summed E-state index contributed by atoms with van der Waals surface area (Å²) < 4.78 is 63.5. The summed E-state index contributed by atoms with van der Waals surface area (Å²) in [5, 5.41) is 0. The average molecular weight is 338 g/mol. The number of thiocarbonyl (C=S) groups is 1. The maximum atomic E-state index is 12.6. The van der Waals surface area contributed by atoms with Crippen molar-refractivity contribution in [1.82, 2.24) is 4.31 Å². The van der Waals surface area contributed by atoms with Gasteiger partial charge in [-0.25, -0.2) is 8.42 Å². The zero-order chi connectivity index (χ0) is 15.8. The molecule has 2 rings (SSSR count). The molecular formula is C12H13F3N2O2S2. The van der Waals surface area contributed by atoms with Crippen LogP contribution < -0.4 is 5.73 Å². The summed E-state index contributed by atoms with van der Waals surface area (Å²) >= 11 is 4.77. The molecule has 1 aromatic rings. The van der Waals surface area contributed by atoms with Crippen molar-refractivity contribution in [1.29, 1.82) is 0 Å². The maximum absolute atomic E-state index is 12.6. The summed E-state index contributed by atoms with van der Waals surface area (Å²) in [6.07, 6.45) is -3.76. The second-order valence-corrected chi connectivity index (χ2v) is 7.06. The minimum absolute atomic E-state index is 0.0559. The normalized spacial score (nSPS) is 16.2. The van der Waals surface area contributed by atoms with Crippen LogP contribution in [-0.4, -0.2) is 36.5 Å². The first-order chi connectivity index (χ1) is 9.63. The van der Waals surface area contributed by atoms with Gasteiger partial charge in [0.05, 0.1) is 4.90 Å². The zero-order valence-electron chi connectivity index (χ0n) is 10.8. The lowest BCUT2D eigenvalue weighted by Crippen LogP contribution is -2.41. The van der Waals surface area contributed by atoms with Crippen LogP contribution in [0, 0.1) is 0 Å². The zero-order valence-corrected chi connectivity index (χ0v) is 12.4. The lowest BCUT2D eigenvalue weighted by Gasteiger charge is -2.24. The van der Waals surface area contributed by atoms with Gasteiger partial charge in [0.25, 0.3) is 0 Å². The molecule has 1 aromatic carbocycles. The van der Waals surface area contributed by atoms with Crippen LogP contribution >= 0.6 is 12.2 Å². The number of alkyl halides is 3.